The van der Waals surface area contributed by atoms with Crippen LogP contribution in [-0.4, -0.2) is 73.1 Å². The summed E-state index contributed by atoms with van der Waals surface area (Å²) in [5.74, 6) is 1.19. The van der Waals surface area contributed by atoms with Crippen LogP contribution in [0.2, 0.25) is 0 Å². The third-order valence-corrected chi connectivity index (χ3v) is 6.48. The maximum absolute atomic E-state index is 12.4. The van der Waals surface area contributed by atoms with Crippen molar-refractivity contribution >= 4 is 16.1 Å². The molecule has 27 heavy (non-hydrogen) atoms. The first-order valence-electron chi connectivity index (χ1n) is 8.83. The van der Waals surface area contributed by atoms with Gasteiger partial charge in [0.2, 0.25) is 5.91 Å². The summed E-state index contributed by atoms with van der Waals surface area (Å²) in [6.07, 6.45) is 2.37. The number of benzene rings is 1. The van der Waals surface area contributed by atoms with E-state index in [9.17, 15) is 13.2 Å². The highest BCUT2D eigenvalue weighted by Crippen LogP contribution is 2.20. The maximum Gasteiger partial charge on any atom is 0.281 e. The van der Waals surface area contributed by atoms with Crippen molar-refractivity contribution in [1.82, 2.24) is 18.5 Å². The summed E-state index contributed by atoms with van der Waals surface area (Å²) < 4.78 is 32.6. The Kier molecular flexibility index (Phi) is 5.93. The fourth-order valence-electron chi connectivity index (χ4n) is 2.93. The summed E-state index contributed by atoms with van der Waals surface area (Å²) in [4.78, 5) is 18.4. The van der Waals surface area contributed by atoms with Crippen LogP contribution in [0.5, 0.6) is 0 Å². The van der Waals surface area contributed by atoms with Crippen LogP contribution in [0, 0.1) is 0 Å². The van der Waals surface area contributed by atoms with Crippen LogP contribution in [0.1, 0.15) is 12.3 Å². The molecule has 0 radical (unpaired) electrons. The molecule has 2 heterocycles. The summed E-state index contributed by atoms with van der Waals surface area (Å²) in [6.45, 7) is 1.41. The van der Waals surface area contributed by atoms with Crippen molar-refractivity contribution < 1.29 is 17.6 Å². The number of aromatic nitrogens is 1. The van der Waals surface area contributed by atoms with Gasteiger partial charge in [-0.05, 0) is 0 Å². The first-order chi connectivity index (χ1) is 12.9. The lowest BCUT2D eigenvalue weighted by Crippen LogP contribution is -2.53. The summed E-state index contributed by atoms with van der Waals surface area (Å²) in [5.41, 5.74) is 0.945. The average molecular weight is 392 g/mol. The number of piperazine rings is 1. The van der Waals surface area contributed by atoms with Crippen molar-refractivity contribution in [2.75, 3.05) is 40.3 Å². The first kappa shape index (κ1) is 19.5. The Bertz CT molecular complexity index is 872. The lowest BCUT2D eigenvalue weighted by Gasteiger charge is -2.35. The fraction of sp³-hybridized carbons (Fsp3) is 0.444. The molecule has 0 atom stereocenters. The summed E-state index contributed by atoms with van der Waals surface area (Å²) in [7, 11) is -0.411. The third kappa shape index (κ3) is 4.55. The largest absolute Gasteiger partial charge is 0.441 e. The molecule has 1 aromatic heterocycles. The van der Waals surface area contributed by atoms with E-state index < -0.39 is 10.2 Å². The molecule has 1 saturated heterocycles. The third-order valence-electron chi connectivity index (χ3n) is 4.54. The van der Waals surface area contributed by atoms with E-state index in [0.717, 1.165) is 5.56 Å². The van der Waals surface area contributed by atoms with Gasteiger partial charge in [0.1, 0.15) is 0 Å². The van der Waals surface area contributed by atoms with Gasteiger partial charge in [-0.1, -0.05) is 30.3 Å². The smallest absolute Gasteiger partial charge is 0.281 e. The highest BCUT2D eigenvalue weighted by Gasteiger charge is 2.30. The molecule has 1 fully saturated rings. The van der Waals surface area contributed by atoms with E-state index >= 15 is 0 Å². The Labute approximate surface area is 159 Å². The molecule has 0 unspecified atom stereocenters. The first-order valence-corrected chi connectivity index (χ1v) is 10.2. The van der Waals surface area contributed by atoms with Crippen LogP contribution in [0.25, 0.3) is 11.3 Å². The molecule has 0 bridgehead atoms. The Morgan fingerprint density at radius 1 is 1.15 bits per heavy atom. The summed E-state index contributed by atoms with van der Waals surface area (Å²) >= 11 is 0. The van der Waals surface area contributed by atoms with Gasteiger partial charge in [-0.3, -0.25) is 4.79 Å². The molecule has 1 aromatic carbocycles. The van der Waals surface area contributed by atoms with Crippen LogP contribution in [-0.2, 0) is 21.4 Å². The van der Waals surface area contributed by atoms with Crippen molar-refractivity contribution in [3.05, 3.63) is 42.4 Å². The fourth-order valence-corrected chi connectivity index (χ4v) is 4.02. The van der Waals surface area contributed by atoms with E-state index in [1.165, 1.54) is 22.7 Å². The van der Waals surface area contributed by atoms with E-state index in [2.05, 4.69) is 4.98 Å². The topological polar surface area (TPSA) is 87.0 Å². The maximum atomic E-state index is 12.4. The quantitative estimate of drug-likeness (QED) is 0.738. The molecule has 0 aliphatic carbocycles. The Morgan fingerprint density at radius 2 is 1.81 bits per heavy atom. The Balaban J connectivity index is 1.50. The molecule has 2 aromatic rings. The van der Waals surface area contributed by atoms with Crippen molar-refractivity contribution in [3.8, 4) is 11.3 Å². The van der Waals surface area contributed by atoms with E-state index in [0.29, 0.717) is 44.3 Å². The number of amides is 1. The van der Waals surface area contributed by atoms with Gasteiger partial charge in [-0.15, -0.1) is 0 Å². The minimum atomic E-state index is -3.42. The van der Waals surface area contributed by atoms with Crippen molar-refractivity contribution in [2.45, 2.75) is 12.8 Å². The van der Waals surface area contributed by atoms with Crippen molar-refractivity contribution in [1.29, 1.82) is 0 Å². The number of aryl methyl sites for hydroxylation is 1. The molecular formula is C18H24N4O4S. The predicted octanol–water partition coefficient (Wildman–Crippen LogP) is 1.22. The minimum absolute atomic E-state index is 0.0173. The van der Waals surface area contributed by atoms with Gasteiger partial charge in [-0.2, -0.15) is 17.0 Å². The van der Waals surface area contributed by atoms with E-state index in [1.807, 2.05) is 30.3 Å². The molecule has 1 aliphatic heterocycles. The van der Waals surface area contributed by atoms with Crippen LogP contribution >= 0.6 is 0 Å². The normalized spacial score (nSPS) is 16.0. The highest BCUT2D eigenvalue weighted by atomic mass is 32.2. The zero-order chi connectivity index (χ0) is 19.4. The molecule has 8 nitrogen and oxygen atoms in total. The molecule has 0 N–H and O–H groups in total. The number of oxazole rings is 1. The van der Waals surface area contributed by atoms with Gasteiger partial charge in [0.05, 0.1) is 6.20 Å². The monoisotopic (exact) mass is 392 g/mol. The molecule has 0 saturated carbocycles. The van der Waals surface area contributed by atoms with Crippen LogP contribution < -0.4 is 0 Å². The average Bonchev–Trinajstić information content (AvgIpc) is 3.16. The van der Waals surface area contributed by atoms with Crippen LogP contribution in [0.15, 0.2) is 40.9 Å². The minimum Gasteiger partial charge on any atom is -0.441 e. The SMILES string of the molecule is CN(C)S(=O)(=O)N1CCN(C(=O)CCc2ncc(-c3ccccc3)o2)CC1. The number of hydrogen-bond acceptors (Lipinski definition) is 5. The van der Waals surface area contributed by atoms with E-state index in [4.69, 9.17) is 4.42 Å². The van der Waals surface area contributed by atoms with Crippen molar-refractivity contribution in [2.24, 2.45) is 0 Å². The molecule has 1 amide bonds. The molecule has 0 spiro atoms. The second-order valence-corrected chi connectivity index (χ2v) is 8.70. The Hall–Kier alpha value is -2.23. The number of hydrogen-bond donors (Lipinski definition) is 0. The number of nitrogens with zero attached hydrogens (tertiary/aromatic N) is 4. The van der Waals surface area contributed by atoms with Gasteiger partial charge < -0.3 is 9.32 Å². The number of carbonyl (C=O) groups excluding carboxylic acids is 1. The summed E-state index contributed by atoms with van der Waals surface area (Å²) in [5, 5.41) is 0. The zero-order valence-electron chi connectivity index (χ0n) is 15.5. The number of carbonyl (C=O) groups is 1. The van der Waals surface area contributed by atoms with Gasteiger partial charge in [0.25, 0.3) is 10.2 Å². The standard InChI is InChI=1S/C18H24N4O4S/c1-20(2)27(24,25)22-12-10-21(11-13-22)18(23)9-8-17-19-14-16(26-17)15-6-4-3-5-7-15/h3-7,14H,8-13H2,1-2H3. The molecule has 146 valence electrons. The second-order valence-electron chi connectivity index (χ2n) is 6.55. The lowest BCUT2D eigenvalue weighted by atomic mass is 10.2. The van der Waals surface area contributed by atoms with E-state index in [-0.39, 0.29) is 12.3 Å². The molecule has 3 rings (SSSR count). The van der Waals surface area contributed by atoms with E-state index in [1.54, 1.807) is 11.1 Å². The van der Waals surface area contributed by atoms with Crippen LogP contribution in [0.4, 0.5) is 0 Å². The molecule has 1 aliphatic rings. The zero-order valence-corrected chi connectivity index (χ0v) is 16.4. The van der Waals surface area contributed by atoms with Crippen molar-refractivity contribution in [3.63, 3.8) is 0 Å². The molecular weight excluding hydrogens is 368 g/mol. The Morgan fingerprint density at radius 3 is 2.44 bits per heavy atom. The van der Waals surface area contributed by atoms with Gasteiger partial charge in [0.15, 0.2) is 11.7 Å². The lowest BCUT2D eigenvalue weighted by molar-refractivity contribution is -0.132. The summed E-state index contributed by atoms with van der Waals surface area (Å²) in [6, 6.07) is 9.67. The molecule has 9 heteroatoms. The van der Waals surface area contributed by atoms with Gasteiger partial charge >= 0.3 is 0 Å². The highest BCUT2D eigenvalue weighted by molar-refractivity contribution is 7.86. The second kappa shape index (κ2) is 8.20. The van der Waals surface area contributed by atoms with Gasteiger partial charge in [-0.25, -0.2) is 4.98 Å². The predicted molar refractivity (Wildman–Crippen MR) is 101 cm³/mol. The van der Waals surface area contributed by atoms with Crippen LogP contribution in [0.3, 0.4) is 0 Å². The van der Waals surface area contributed by atoms with Gasteiger partial charge in [0, 0.05) is 58.7 Å². The number of rotatable bonds is 6.